The van der Waals surface area contributed by atoms with Gasteiger partial charge in [-0.25, -0.2) is 0 Å². The molecular weight excluding hydrogens is 623 g/mol. The summed E-state index contributed by atoms with van der Waals surface area (Å²) in [6.45, 7) is 4.72. The molecule has 40 heavy (non-hydrogen) atoms. The number of allylic oxidation sites excluding steroid dienone is 2. The maximum atomic E-state index is 2.59. The monoisotopic (exact) mass is 656 g/mol. The summed E-state index contributed by atoms with van der Waals surface area (Å²) in [5, 5.41) is 3.22. The zero-order valence-corrected chi connectivity index (χ0v) is 28.3. The summed E-state index contributed by atoms with van der Waals surface area (Å²) >= 11 is -2.46. The maximum absolute atomic E-state index is 2.59. The summed E-state index contributed by atoms with van der Waals surface area (Å²) < 4.78 is 1.25. The predicted molar refractivity (Wildman–Crippen MR) is 162 cm³/mol. The van der Waals surface area contributed by atoms with Gasteiger partial charge in [0, 0.05) is 0 Å². The molecule has 2 aliphatic carbocycles. The minimum atomic E-state index is -2.46. The molecule has 202 valence electrons. The molecule has 0 aliphatic heterocycles. The molecule has 2 unspecified atom stereocenters. The van der Waals surface area contributed by atoms with Gasteiger partial charge in [0.1, 0.15) is 0 Å². The first-order valence-electron chi connectivity index (χ1n) is 14.2. The predicted octanol–water partition coefficient (Wildman–Crippen LogP) is 2.30. The van der Waals surface area contributed by atoms with Gasteiger partial charge < -0.3 is 24.8 Å². The van der Waals surface area contributed by atoms with Crippen molar-refractivity contribution in [1.29, 1.82) is 0 Å². The van der Waals surface area contributed by atoms with Crippen LogP contribution in [-0.4, -0.2) is 5.43 Å². The van der Waals surface area contributed by atoms with Crippen molar-refractivity contribution >= 4 is 28.0 Å². The minimum Gasteiger partial charge on any atom is -1.00 e. The van der Waals surface area contributed by atoms with Gasteiger partial charge in [-0.1, -0.05) is 0 Å². The summed E-state index contributed by atoms with van der Waals surface area (Å²) in [7, 11) is 0. The second-order valence-electron chi connectivity index (χ2n) is 10.6. The van der Waals surface area contributed by atoms with Crippen molar-refractivity contribution in [3.8, 4) is 0 Å². The third kappa shape index (κ3) is 5.98. The van der Waals surface area contributed by atoms with E-state index in [9.17, 15) is 0 Å². The Hall–Kier alpha value is -1.96. The second kappa shape index (κ2) is 14.3. The maximum Gasteiger partial charge on any atom is -1.00 e. The summed E-state index contributed by atoms with van der Waals surface area (Å²) in [5.74, 6) is 0. The van der Waals surface area contributed by atoms with Crippen LogP contribution in [0.4, 0.5) is 0 Å². The second-order valence-corrected chi connectivity index (χ2v) is 24.7. The van der Waals surface area contributed by atoms with E-state index in [1.807, 2.05) is 0 Å². The van der Waals surface area contributed by atoms with Crippen molar-refractivity contribution < 1.29 is 45.2 Å². The molecule has 0 heterocycles. The van der Waals surface area contributed by atoms with Crippen LogP contribution in [-0.2, 0) is 20.4 Å². The summed E-state index contributed by atoms with van der Waals surface area (Å²) in [5.41, 5.74) is 8.68. The van der Waals surface area contributed by atoms with E-state index in [2.05, 4.69) is 135 Å². The molecule has 0 radical (unpaired) electrons. The van der Waals surface area contributed by atoms with E-state index in [1.54, 1.807) is 32.6 Å². The molecule has 0 nitrogen and oxygen atoms in total. The van der Waals surface area contributed by atoms with E-state index < -0.39 is 25.8 Å². The molecule has 4 heteroatoms. The molecule has 6 rings (SSSR count). The molecule has 2 aliphatic rings. The third-order valence-corrected chi connectivity index (χ3v) is 28.9. The first kappa shape index (κ1) is 31.0. The van der Waals surface area contributed by atoms with Crippen molar-refractivity contribution in [2.24, 2.45) is 0 Å². The topological polar surface area (TPSA) is 0 Å². The van der Waals surface area contributed by atoms with Crippen LogP contribution < -0.4 is 35.2 Å². The molecular formula is C36H36Cl2SiZr. The molecule has 0 spiro atoms. The SMILES string of the molecule is CCCC1=Cc2ccccc2[CH]1[Zr+2]([CH]1C(CCC)=Cc2ccccc21)=[Si](c1ccccc1)c1ccccc1.[Cl-].[Cl-]. The van der Waals surface area contributed by atoms with Gasteiger partial charge in [-0.2, -0.15) is 0 Å². The number of hydrogen-bond donors (Lipinski definition) is 0. The van der Waals surface area contributed by atoms with E-state index >= 15 is 0 Å². The Morgan fingerprint density at radius 2 is 0.900 bits per heavy atom. The number of halogens is 2. The number of benzene rings is 4. The molecule has 4 aromatic rings. The molecule has 0 aromatic heterocycles. The average molecular weight is 659 g/mol. The number of hydrogen-bond acceptors (Lipinski definition) is 0. The fourth-order valence-corrected chi connectivity index (χ4v) is 31.8. The van der Waals surface area contributed by atoms with E-state index in [0.29, 0.717) is 7.25 Å². The minimum absolute atomic E-state index is 0. The Balaban J connectivity index is 0.00000185. The van der Waals surface area contributed by atoms with Gasteiger partial charge >= 0.3 is 238 Å². The van der Waals surface area contributed by atoms with Crippen LogP contribution in [0, 0.1) is 0 Å². The van der Waals surface area contributed by atoms with Crippen LogP contribution in [0.1, 0.15) is 69.0 Å². The standard InChI is InChI=1S/C12H10Si.2C12H13.2ClH.Zr/c1-3-7-11(8-4-1)13-12-9-5-2-6-10-12;2*1-2-5-10-8-11-6-3-4-7-12(11)9-10;;;/h1-10H;2*3-4,6-9H,2,5H2,1H3;2*1H;/q;;;;;+2/p-2. The van der Waals surface area contributed by atoms with Crippen molar-refractivity contribution in [2.45, 2.75) is 46.8 Å². The van der Waals surface area contributed by atoms with Gasteiger partial charge in [-0.3, -0.25) is 0 Å². The van der Waals surface area contributed by atoms with Crippen molar-refractivity contribution in [2.75, 3.05) is 0 Å². The Morgan fingerprint density at radius 3 is 1.30 bits per heavy atom. The fraction of sp³-hybridized carbons (Fsp3) is 0.222. The summed E-state index contributed by atoms with van der Waals surface area (Å²) in [4.78, 5) is 0. The zero-order valence-electron chi connectivity index (χ0n) is 23.3. The Bertz CT molecular complexity index is 1420. The Morgan fingerprint density at radius 1 is 0.525 bits per heavy atom. The fourth-order valence-electron chi connectivity index (χ4n) is 6.69. The number of rotatable bonds is 8. The van der Waals surface area contributed by atoms with Crippen LogP contribution in [0.5, 0.6) is 0 Å². The van der Waals surface area contributed by atoms with Crippen LogP contribution in [0.15, 0.2) is 120 Å². The normalized spacial score (nSPS) is 16.3. The molecule has 2 atom stereocenters. The molecule has 0 N–H and O–H groups in total. The van der Waals surface area contributed by atoms with Crippen molar-refractivity contribution in [1.82, 2.24) is 0 Å². The van der Waals surface area contributed by atoms with E-state index in [-0.39, 0.29) is 24.8 Å². The number of fused-ring (bicyclic) bond motifs is 2. The van der Waals surface area contributed by atoms with E-state index in [0.717, 1.165) is 0 Å². The first-order valence-corrected chi connectivity index (χ1v) is 22.3. The van der Waals surface area contributed by atoms with Crippen LogP contribution in [0.25, 0.3) is 12.2 Å². The molecule has 0 amide bonds. The summed E-state index contributed by atoms with van der Waals surface area (Å²) in [6, 6.07) is 42.0. The molecule has 0 saturated heterocycles. The smallest absolute Gasteiger partial charge is 1.00 e. The molecule has 0 saturated carbocycles. The van der Waals surface area contributed by atoms with Crippen LogP contribution in [0.3, 0.4) is 0 Å². The van der Waals surface area contributed by atoms with Gasteiger partial charge in [0.15, 0.2) is 0 Å². The largest absolute Gasteiger partial charge is 1.00 e. The van der Waals surface area contributed by atoms with Crippen molar-refractivity contribution in [3.63, 3.8) is 0 Å². The van der Waals surface area contributed by atoms with Gasteiger partial charge in [-0.05, 0) is 0 Å². The van der Waals surface area contributed by atoms with Gasteiger partial charge in [0.2, 0.25) is 0 Å². The molecule has 0 fully saturated rings. The first-order chi connectivity index (χ1) is 18.8. The van der Waals surface area contributed by atoms with E-state index in [1.165, 1.54) is 36.8 Å². The Labute approximate surface area is 260 Å². The third-order valence-electron chi connectivity index (χ3n) is 8.15. The summed E-state index contributed by atoms with van der Waals surface area (Å²) in [6.07, 6.45) is 10.0. The van der Waals surface area contributed by atoms with Gasteiger partial charge in [-0.15, -0.1) is 0 Å². The van der Waals surface area contributed by atoms with E-state index in [4.69, 9.17) is 0 Å². The van der Waals surface area contributed by atoms with Gasteiger partial charge in [0.05, 0.1) is 0 Å². The molecule has 0 bridgehead atoms. The molecule has 4 aromatic carbocycles. The quantitative estimate of drug-likeness (QED) is 0.255. The average Bonchev–Trinajstić information content (AvgIpc) is 3.51. The van der Waals surface area contributed by atoms with Gasteiger partial charge in [0.25, 0.3) is 0 Å². The van der Waals surface area contributed by atoms with Crippen molar-refractivity contribution in [3.05, 3.63) is 143 Å². The van der Waals surface area contributed by atoms with Crippen LogP contribution >= 0.6 is 0 Å². The van der Waals surface area contributed by atoms with Crippen LogP contribution in [0.2, 0.25) is 0 Å². The zero-order chi connectivity index (χ0) is 25.9. The Kier molecular flexibility index (Phi) is 11.1.